The van der Waals surface area contributed by atoms with E-state index in [1.807, 2.05) is 18.5 Å². The molecule has 23 heavy (non-hydrogen) atoms. The highest BCUT2D eigenvalue weighted by atomic mass is 16.5. The molecule has 0 amide bonds. The number of H-pyrrole nitrogens is 1. The Labute approximate surface area is 136 Å². The second-order valence-corrected chi connectivity index (χ2v) is 6.71. The van der Waals surface area contributed by atoms with Crippen molar-refractivity contribution in [2.75, 3.05) is 6.61 Å². The van der Waals surface area contributed by atoms with Crippen molar-refractivity contribution >= 4 is 0 Å². The third-order valence-electron chi connectivity index (χ3n) is 5.64. The van der Waals surface area contributed by atoms with Crippen LogP contribution in [-0.2, 0) is 11.3 Å². The zero-order valence-electron chi connectivity index (χ0n) is 13.6. The molecule has 1 spiro atoms. The van der Waals surface area contributed by atoms with Crippen molar-refractivity contribution in [3.63, 3.8) is 0 Å². The standard InChI is InChI=1S/C18H24N4O/c1-2-23-16-9-15(18(16)6-4-7-18)20-11-14-12-21-22-17(14)13-5-3-8-19-10-13/h3,5,8,10,12,15-16,20H,2,4,6-7,9,11H2,1H3,(H,21,22)/t15-,16+/m0/s1. The number of nitrogens with one attached hydrogen (secondary N) is 2. The molecule has 2 N–H and O–H groups in total. The van der Waals surface area contributed by atoms with Crippen LogP contribution in [0.1, 0.15) is 38.2 Å². The summed E-state index contributed by atoms with van der Waals surface area (Å²) in [4.78, 5) is 4.20. The molecule has 2 aromatic heterocycles. The molecule has 2 saturated carbocycles. The number of nitrogens with zero attached hydrogens (tertiary/aromatic N) is 2. The molecule has 0 unspecified atom stereocenters. The summed E-state index contributed by atoms with van der Waals surface area (Å²) in [5.41, 5.74) is 3.75. The molecule has 0 aromatic carbocycles. The van der Waals surface area contributed by atoms with Gasteiger partial charge in [0.25, 0.3) is 0 Å². The molecule has 122 valence electrons. The lowest BCUT2D eigenvalue weighted by atomic mass is 9.51. The molecule has 0 bridgehead atoms. The van der Waals surface area contributed by atoms with Crippen LogP contribution in [0.4, 0.5) is 0 Å². The van der Waals surface area contributed by atoms with Gasteiger partial charge in [0, 0.05) is 48.1 Å². The Bertz CT molecular complexity index is 650. The zero-order chi connectivity index (χ0) is 15.7. The third kappa shape index (κ3) is 2.48. The van der Waals surface area contributed by atoms with Crippen molar-refractivity contribution in [2.24, 2.45) is 5.41 Å². The Kier molecular flexibility index (Phi) is 3.91. The van der Waals surface area contributed by atoms with E-state index in [0.29, 0.717) is 17.6 Å². The number of rotatable bonds is 6. The highest BCUT2D eigenvalue weighted by molar-refractivity contribution is 5.61. The van der Waals surface area contributed by atoms with Crippen LogP contribution in [0.3, 0.4) is 0 Å². The fourth-order valence-corrected chi connectivity index (χ4v) is 4.16. The first-order valence-electron chi connectivity index (χ1n) is 8.61. The highest BCUT2D eigenvalue weighted by Gasteiger charge is 2.58. The van der Waals surface area contributed by atoms with E-state index in [-0.39, 0.29) is 0 Å². The monoisotopic (exact) mass is 312 g/mol. The number of hydrogen-bond acceptors (Lipinski definition) is 4. The summed E-state index contributed by atoms with van der Waals surface area (Å²) in [5.74, 6) is 0. The molecule has 2 aromatic rings. The molecule has 5 nitrogen and oxygen atoms in total. The van der Waals surface area contributed by atoms with Gasteiger partial charge in [0.2, 0.25) is 0 Å². The average molecular weight is 312 g/mol. The minimum Gasteiger partial charge on any atom is -0.378 e. The quantitative estimate of drug-likeness (QED) is 0.861. The molecule has 0 radical (unpaired) electrons. The van der Waals surface area contributed by atoms with Crippen LogP contribution in [0, 0.1) is 5.41 Å². The Morgan fingerprint density at radius 1 is 1.39 bits per heavy atom. The summed E-state index contributed by atoms with van der Waals surface area (Å²) in [6.45, 7) is 3.76. The molecule has 2 aliphatic carbocycles. The number of aromatic nitrogens is 3. The number of ether oxygens (including phenoxy) is 1. The third-order valence-corrected chi connectivity index (χ3v) is 5.64. The summed E-state index contributed by atoms with van der Waals surface area (Å²) in [6, 6.07) is 4.59. The first kappa shape index (κ1) is 14.8. The number of hydrogen-bond donors (Lipinski definition) is 2. The minimum atomic E-state index is 0.397. The normalized spacial score (nSPS) is 25.1. The molecule has 2 fully saturated rings. The predicted octanol–water partition coefficient (Wildman–Crippen LogP) is 2.91. The number of aromatic amines is 1. The SMILES string of the molecule is CCO[C@@H]1C[C@H](NCc2cn[nH]c2-c2cccnc2)C12CCC2. The van der Waals surface area contributed by atoms with Crippen LogP contribution in [0.5, 0.6) is 0 Å². The predicted molar refractivity (Wildman–Crippen MR) is 88.8 cm³/mol. The molecular weight excluding hydrogens is 288 g/mol. The Morgan fingerprint density at radius 2 is 2.30 bits per heavy atom. The first-order valence-corrected chi connectivity index (χ1v) is 8.61. The summed E-state index contributed by atoms with van der Waals surface area (Å²) in [6.07, 6.45) is 11.1. The lowest BCUT2D eigenvalue weighted by Gasteiger charge is -2.61. The first-order chi connectivity index (χ1) is 11.3. The van der Waals surface area contributed by atoms with Crippen LogP contribution < -0.4 is 5.32 Å². The Balaban J connectivity index is 1.42. The fraction of sp³-hybridized carbons (Fsp3) is 0.556. The maximum atomic E-state index is 5.93. The van der Waals surface area contributed by atoms with Crippen molar-refractivity contribution in [1.82, 2.24) is 20.5 Å². The van der Waals surface area contributed by atoms with Gasteiger partial charge in [0.1, 0.15) is 0 Å². The summed E-state index contributed by atoms with van der Waals surface area (Å²) in [7, 11) is 0. The maximum Gasteiger partial charge on any atom is 0.0710 e. The van der Waals surface area contributed by atoms with Crippen molar-refractivity contribution in [3.8, 4) is 11.3 Å². The van der Waals surface area contributed by atoms with Gasteiger partial charge in [-0.15, -0.1) is 0 Å². The van der Waals surface area contributed by atoms with E-state index in [4.69, 9.17) is 4.74 Å². The Morgan fingerprint density at radius 3 is 3.00 bits per heavy atom. The van der Waals surface area contributed by atoms with E-state index >= 15 is 0 Å². The minimum absolute atomic E-state index is 0.397. The largest absolute Gasteiger partial charge is 0.378 e. The molecule has 4 rings (SSSR count). The van der Waals surface area contributed by atoms with Gasteiger partial charge in [-0.05, 0) is 38.3 Å². The van der Waals surface area contributed by atoms with E-state index in [9.17, 15) is 0 Å². The van der Waals surface area contributed by atoms with E-state index in [1.54, 1.807) is 6.20 Å². The van der Waals surface area contributed by atoms with E-state index in [0.717, 1.165) is 30.8 Å². The van der Waals surface area contributed by atoms with E-state index < -0.39 is 0 Å². The molecule has 0 saturated heterocycles. The average Bonchev–Trinajstić information content (AvgIpc) is 2.98. The van der Waals surface area contributed by atoms with Crippen LogP contribution in [0.15, 0.2) is 30.7 Å². The topological polar surface area (TPSA) is 62.8 Å². The number of pyridine rings is 1. The lowest BCUT2D eigenvalue weighted by Crippen LogP contribution is -2.66. The van der Waals surface area contributed by atoms with Crippen LogP contribution in [-0.4, -0.2) is 33.9 Å². The molecule has 0 aliphatic heterocycles. The van der Waals surface area contributed by atoms with Gasteiger partial charge in [-0.3, -0.25) is 10.1 Å². The maximum absolute atomic E-state index is 5.93. The molecule has 5 heteroatoms. The molecular formula is C18H24N4O. The lowest BCUT2D eigenvalue weighted by molar-refractivity contribution is -0.173. The van der Waals surface area contributed by atoms with Gasteiger partial charge in [0.15, 0.2) is 0 Å². The van der Waals surface area contributed by atoms with Crippen LogP contribution in [0.25, 0.3) is 11.3 Å². The van der Waals surface area contributed by atoms with Crippen molar-refractivity contribution < 1.29 is 4.74 Å². The van der Waals surface area contributed by atoms with Gasteiger partial charge >= 0.3 is 0 Å². The van der Waals surface area contributed by atoms with Crippen LogP contribution >= 0.6 is 0 Å². The summed E-state index contributed by atoms with van der Waals surface area (Å²) < 4.78 is 5.93. The Hall–Kier alpha value is -1.72. The van der Waals surface area contributed by atoms with E-state index in [1.165, 1.54) is 24.8 Å². The van der Waals surface area contributed by atoms with Crippen molar-refractivity contribution in [1.29, 1.82) is 0 Å². The van der Waals surface area contributed by atoms with Gasteiger partial charge in [0.05, 0.1) is 18.0 Å². The van der Waals surface area contributed by atoms with E-state index in [2.05, 4.69) is 33.5 Å². The zero-order valence-corrected chi connectivity index (χ0v) is 13.6. The second-order valence-electron chi connectivity index (χ2n) is 6.71. The van der Waals surface area contributed by atoms with Gasteiger partial charge in [-0.2, -0.15) is 5.10 Å². The van der Waals surface area contributed by atoms with Crippen LogP contribution in [0.2, 0.25) is 0 Å². The molecule has 2 heterocycles. The van der Waals surface area contributed by atoms with Crippen molar-refractivity contribution in [3.05, 3.63) is 36.3 Å². The second kappa shape index (κ2) is 6.06. The summed E-state index contributed by atoms with van der Waals surface area (Å²) >= 11 is 0. The highest BCUT2D eigenvalue weighted by Crippen LogP contribution is 2.57. The van der Waals surface area contributed by atoms with Gasteiger partial charge in [-0.25, -0.2) is 0 Å². The molecule has 2 aliphatic rings. The fourth-order valence-electron chi connectivity index (χ4n) is 4.16. The smallest absolute Gasteiger partial charge is 0.0710 e. The summed E-state index contributed by atoms with van der Waals surface area (Å²) in [5, 5.41) is 11.1. The molecule has 2 atom stereocenters. The van der Waals surface area contributed by atoms with Gasteiger partial charge < -0.3 is 10.1 Å². The van der Waals surface area contributed by atoms with Gasteiger partial charge in [-0.1, -0.05) is 6.42 Å². The van der Waals surface area contributed by atoms with Crippen molar-refractivity contribution in [2.45, 2.75) is 51.3 Å².